The molecular weight excluding hydrogens is 232 g/mol. The fraction of sp³-hybridized carbons (Fsp3) is 0.231. The first-order chi connectivity index (χ1) is 8.66. The Bertz CT molecular complexity index is 510. The number of methoxy groups -OCH3 is 1. The fourth-order valence-corrected chi connectivity index (χ4v) is 1.51. The second kappa shape index (κ2) is 5.01. The van der Waals surface area contributed by atoms with Gasteiger partial charge in [-0.2, -0.15) is 5.10 Å². The number of aromatic nitrogens is 2. The average Bonchev–Trinajstić information content (AvgIpc) is 2.93. The van der Waals surface area contributed by atoms with E-state index in [2.05, 4.69) is 10.2 Å². The Kier molecular flexibility index (Phi) is 3.43. The van der Waals surface area contributed by atoms with Gasteiger partial charge < -0.3 is 9.47 Å². The van der Waals surface area contributed by atoms with Gasteiger partial charge in [-0.05, 0) is 25.1 Å². The highest BCUT2D eigenvalue weighted by molar-refractivity contribution is 5.82. The molecule has 1 aromatic carbocycles. The van der Waals surface area contributed by atoms with Crippen LogP contribution >= 0.6 is 0 Å². The van der Waals surface area contributed by atoms with E-state index in [1.165, 1.54) is 7.11 Å². The Morgan fingerprint density at radius 3 is 2.56 bits per heavy atom. The zero-order valence-corrected chi connectivity index (χ0v) is 10.2. The molecule has 1 aromatic heterocycles. The monoisotopic (exact) mass is 246 g/mol. The standard InChI is InChI=1S/C13H14N2O3/c1-13(17-2,11-8-9-14-15-11)12(16)18-10-6-4-3-5-7-10/h3-9H,1-2H3,(H,14,15). The number of esters is 1. The van der Waals surface area contributed by atoms with Crippen LogP contribution in [0.2, 0.25) is 0 Å². The van der Waals surface area contributed by atoms with Crippen molar-refractivity contribution in [3.05, 3.63) is 48.3 Å². The summed E-state index contributed by atoms with van der Waals surface area (Å²) in [5.74, 6) is -0.0374. The van der Waals surface area contributed by atoms with Crippen LogP contribution in [0.1, 0.15) is 12.6 Å². The van der Waals surface area contributed by atoms with Crippen molar-refractivity contribution in [1.29, 1.82) is 0 Å². The van der Waals surface area contributed by atoms with Crippen LogP contribution in [0, 0.1) is 0 Å². The van der Waals surface area contributed by atoms with Gasteiger partial charge in [-0.25, -0.2) is 4.79 Å². The minimum atomic E-state index is -1.23. The molecule has 5 nitrogen and oxygen atoms in total. The second-order valence-electron chi connectivity index (χ2n) is 3.90. The van der Waals surface area contributed by atoms with Gasteiger partial charge in [0.1, 0.15) is 11.4 Å². The van der Waals surface area contributed by atoms with E-state index in [-0.39, 0.29) is 0 Å². The Morgan fingerprint density at radius 1 is 1.28 bits per heavy atom. The lowest BCUT2D eigenvalue weighted by molar-refractivity contribution is -0.158. The molecule has 0 aliphatic carbocycles. The maximum Gasteiger partial charge on any atom is 0.349 e. The van der Waals surface area contributed by atoms with Crippen LogP contribution in [0.15, 0.2) is 42.6 Å². The molecule has 0 aliphatic rings. The largest absolute Gasteiger partial charge is 0.424 e. The summed E-state index contributed by atoms with van der Waals surface area (Å²) in [4.78, 5) is 12.2. The van der Waals surface area contributed by atoms with E-state index in [0.717, 1.165) is 0 Å². The van der Waals surface area contributed by atoms with Crippen LogP contribution in [0.4, 0.5) is 0 Å². The Labute approximate surface area is 105 Å². The lowest BCUT2D eigenvalue weighted by Gasteiger charge is -2.23. The summed E-state index contributed by atoms with van der Waals surface area (Å²) < 4.78 is 10.5. The predicted molar refractivity (Wildman–Crippen MR) is 65.0 cm³/mol. The van der Waals surface area contributed by atoms with Crippen LogP contribution in [-0.2, 0) is 15.1 Å². The summed E-state index contributed by atoms with van der Waals surface area (Å²) in [5.41, 5.74) is -0.749. The second-order valence-corrected chi connectivity index (χ2v) is 3.90. The lowest BCUT2D eigenvalue weighted by atomic mass is 10.0. The lowest BCUT2D eigenvalue weighted by Crippen LogP contribution is -2.38. The van der Waals surface area contributed by atoms with Gasteiger partial charge in [-0.1, -0.05) is 18.2 Å². The van der Waals surface area contributed by atoms with Crippen molar-refractivity contribution in [2.75, 3.05) is 7.11 Å². The molecule has 1 N–H and O–H groups in total. The van der Waals surface area contributed by atoms with Crippen LogP contribution in [0.5, 0.6) is 5.75 Å². The van der Waals surface area contributed by atoms with Crippen LogP contribution in [-0.4, -0.2) is 23.3 Å². The molecule has 5 heteroatoms. The molecular formula is C13H14N2O3. The van der Waals surface area contributed by atoms with Crippen molar-refractivity contribution in [1.82, 2.24) is 10.2 Å². The summed E-state index contributed by atoms with van der Waals surface area (Å²) in [6, 6.07) is 10.5. The normalized spacial score (nSPS) is 13.9. The smallest absolute Gasteiger partial charge is 0.349 e. The number of hydrogen-bond donors (Lipinski definition) is 1. The van der Waals surface area contributed by atoms with Crippen molar-refractivity contribution in [2.24, 2.45) is 0 Å². The zero-order valence-electron chi connectivity index (χ0n) is 10.2. The maximum absolute atomic E-state index is 12.2. The first-order valence-corrected chi connectivity index (χ1v) is 5.49. The van der Waals surface area contributed by atoms with Gasteiger partial charge in [0.2, 0.25) is 5.60 Å². The summed E-state index contributed by atoms with van der Waals surface area (Å²) in [6.45, 7) is 1.62. The number of carbonyl (C=O) groups excluding carboxylic acids is 1. The number of H-pyrrole nitrogens is 1. The van der Waals surface area contributed by atoms with E-state index >= 15 is 0 Å². The molecule has 2 aromatic rings. The number of carbonyl (C=O) groups is 1. The molecule has 0 saturated heterocycles. The Balaban J connectivity index is 2.21. The minimum Gasteiger partial charge on any atom is -0.424 e. The molecule has 0 spiro atoms. The summed E-state index contributed by atoms with van der Waals surface area (Å²) in [5, 5.41) is 6.62. The van der Waals surface area contributed by atoms with Gasteiger partial charge >= 0.3 is 5.97 Å². The van der Waals surface area contributed by atoms with Gasteiger partial charge in [0, 0.05) is 13.3 Å². The highest BCUT2D eigenvalue weighted by atomic mass is 16.6. The van der Waals surface area contributed by atoms with Gasteiger partial charge in [0.25, 0.3) is 0 Å². The Morgan fingerprint density at radius 2 is 2.00 bits per heavy atom. The molecule has 0 amide bonds. The van der Waals surface area contributed by atoms with Crippen molar-refractivity contribution in [2.45, 2.75) is 12.5 Å². The minimum absolute atomic E-state index is 0.473. The molecule has 0 saturated carbocycles. The average molecular weight is 246 g/mol. The molecule has 0 radical (unpaired) electrons. The molecule has 1 heterocycles. The molecule has 0 aliphatic heterocycles. The number of nitrogens with one attached hydrogen (secondary N) is 1. The van der Waals surface area contributed by atoms with Crippen LogP contribution in [0.3, 0.4) is 0 Å². The molecule has 18 heavy (non-hydrogen) atoms. The molecule has 0 fully saturated rings. The van der Waals surface area contributed by atoms with Gasteiger partial charge in [0.05, 0.1) is 0 Å². The first kappa shape index (κ1) is 12.3. The van der Waals surface area contributed by atoms with E-state index in [1.54, 1.807) is 43.5 Å². The van der Waals surface area contributed by atoms with E-state index in [4.69, 9.17) is 9.47 Å². The summed E-state index contributed by atoms with van der Waals surface area (Å²) in [6.07, 6.45) is 1.63. The number of para-hydroxylation sites is 1. The molecule has 1 atom stereocenters. The number of rotatable bonds is 4. The van der Waals surface area contributed by atoms with Gasteiger partial charge in [-0.3, -0.25) is 5.10 Å². The third kappa shape index (κ3) is 2.26. The first-order valence-electron chi connectivity index (χ1n) is 5.49. The van der Waals surface area contributed by atoms with E-state index in [0.29, 0.717) is 11.4 Å². The van der Waals surface area contributed by atoms with Crippen molar-refractivity contribution < 1.29 is 14.3 Å². The number of hydrogen-bond acceptors (Lipinski definition) is 4. The zero-order chi connectivity index (χ0) is 13.0. The van der Waals surface area contributed by atoms with Crippen LogP contribution < -0.4 is 4.74 Å². The van der Waals surface area contributed by atoms with E-state index in [1.807, 2.05) is 6.07 Å². The number of aromatic amines is 1. The predicted octanol–water partition coefficient (Wildman–Crippen LogP) is 1.88. The van der Waals surface area contributed by atoms with Crippen molar-refractivity contribution in [3.8, 4) is 5.75 Å². The topological polar surface area (TPSA) is 64.2 Å². The number of nitrogens with zero attached hydrogens (tertiary/aromatic N) is 1. The van der Waals surface area contributed by atoms with Crippen molar-refractivity contribution >= 4 is 5.97 Å². The quantitative estimate of drug-likeness (QED) is 0.660. The highest BCUT2D eigenvalue weighted by Crippen LogP contribution is 2.25. The third-order valence-electron chi connectivity index (χ3n) is 2.74. The Hall–Kier alpha value is -2.14. The molecule has 1 unspecified atom stereocenters. The fourth-order valence-electron chi connectivity index (χ4n) is 1.51. The van der Waals surface area contributed by atoms with Gasteiger partial charge in [-0.15, -0.1) is 0 Å². The van der Waals surface area contributed by atoms with E-state index < -0.39 is 11.6 Å². The number of benzene rings is 1. The molecule has 2 rings (SSSR count). The summed E-state index contributed by atoms with van der Waals surface area (Å²) in [7, 11) is 1.45. The molecule has 0 bridgehead atoms. The van der Waals surface area contributed by atoms with Gasteiger partial charge in [0.15, 0.2) is 0 Å². The maximum atomic E-state index is 12.2. The van der Waals surface area contributed by atoms with Crippen LogP contribution in [0.25, 0.3) is 0 Å². The highest BCUT2D eigenvalue weighted by Gasteiger charge is 2.39. The summed E-state index contributed by atoms with van der Waals surface area (Å²) >= 11 is 0. The van der Waals surface area contributed by atoms with E-state index in [9.17, 15) is 4.79 Å². The number of ether oxygens (including phenoxy) is 2. The SMILES string of the molecule is COC(C)(C(=O)Oc1ccccc1)c1cc[nH]n1. The third-order valence-corrected chi connectivity index (χ3v) is 2.74. The molecule has 94 valence electrons. The van der Waals surface area contributed by atoms with Crippen molar-refractivity contribution in [3.63, 3.8) is 0 Å².